The lowest BCUT2D eigenvalue weighted by Crippen LogP contribution is -2.43. The van der Waals surface area contributed by atoms with Crippen LogP contribution in [0.5, 0.6) is 0 Å². The van der Waals surface area contributed by atoms with E-state index in [1.165, 1.54) is 47.0 Å². The molecular weight excluding hydrogens is 332 g/mol. The highest BCUT2D eigenvalue weighted by Crippen LogP contribution is 2.42. The molecule has 0 fully saturated rings. The van der Waals surface area contributed by atoms with Crippen LogP contribution in [0.2, 0.25) is 0 Å². The third-order valence-electron chi connectivity index (χ3n) is 6.40. The molecule has 3 nitrogen and oxygen atoms in total. The highest BCUT2D eigenvalue weighted by Gasteiger charge is 2.35. The molecule has 0 saturated carbocycles. The van der Waals surface area contributed by atoms with E-state index in [1.54, 1.807) is 5.56 Å². The Morgan fingerprint density at radius 2 is 1.96 bits per heavy atom. The van der Waals surface area contributed by atoms with Gasteiger partial charge in [-0.25, -0.2) is 0 Å². The molecule has 1 aromatic heterocycles. The van der Waals surface area contributed by atoms with E-state index in [-0.39, 0.29) is 6.10 Å². The zero-order chi connectivity index (χ0) is 18.4. The van der Waals surface area contributed by atoms with Gasteiger partial charge in [-0.1, -0.05) is 42.0 Å². The second-order valence-electron chi connectivity index (χ2n) is 8.28. The zero-order valence-electron chi connectivity index (χ0n) is 16.1. The molecule has 0 bridgehead atoms. The lowest BCUT2D eigenvalue weighted by Gasteiger charge is -2.40. The van der Waals surface area contributed by atoms with Crippen molar-refractivity contribution in [1.82, 2.24) is 9.47 Å². The van der Waals surface area contributed by atoms with E-state index in [0.717, 1.165) is 26.1 Å². The minimum Gasteiger partial charge on any atom is -0.391 e. The van der Waals surface area contributed by atoms with Gasteiger partial charge in [-0.2, -0.15) is 0 Å². The van der Waals surface area contributed by atoms with E-state index in [4.69, 9.17) is 0 Å². The molecule has 3 aromatic rings. The minimum atomic E-state index is -0.309. The first kappa shape index (κ1) is 17.0. The average molecular weight is 361 g/mol. The van der Waals surface area contributed by atoms with Gasteiger partial charge in [0.25, 0.3) is 0 Å². The van der Waals surface area contributed by atoms with Gasteiger partial charge >= 0.3 is 0 Å². The summed E-state index contributed by atoms with van der Waals surface area (Å²) in [5, 5.41) is 12.2. The monoisotopic (exact) mass is 360 g/mol. The molecule has 0 saturated heterocycles. The smallest absolute Gasteiger partial charge is 0.0707 e. The van der Waals surface area contributed by atoms with Crippen LogP contribution in [0.25, 0.3) is 10.9 Å². The fourth-order valence-corrected chi connectivity index (χ4v) is 5.23. The number of fused-ring (bicyclic) bond motifs is 3. The number of nitrogens with zero attached hydrogens (tertiary/aromatic N) is 2. The van der Waals surface area contributed by atoms with E-state index in [1.807, 2.05) is 6.07 Å². The van der Waals surface area contributed by atoms with Gasteiger partial charge in [0.15, 0.2) is 0 Å². The van der Waals surface area contributed by atoms with E-state index in [2.05, 4.69) is 58.9 Å². The van der Waals surface area contributed by atoms with E-state index >= 15 is 0 Å². The maximum atomic E-state index is 10.7. The summed E-state index contributed by atoms with van der Waals surface area (Å²) in [5.41, 5.74) is 7.06. The molecule has 1 aliphatic carbocycles. The van der Waals surface area contributed by atoms with Crippen molar-refractivity contribution >= 4 is 10.9 Å². The maximum absolute atomic E-state index is 10.7. The SMILES string of the molecule is Cc1ccc2c(c1)c1c3n2CCN(CC(O)Cc2ccccc2)C3CCC1. The molecule has 2 aliphatic rings. The van der Waals surface area contributed by atoms with Crippen molar-refractivity contribution in [2.45, 2.75) is 51.3 Å². The van der Waals surface area contributed by atoms with Crippen LogP contribution < -0.4 is 0 Å². The van der Waals surface area contributed by atoms with Crippen molar-refractivity contribution in [3.05, 3.63) is 70.9 Å². The highest BCUT2D eigenvalue weighted by molar-refractivity contribution is 5.87. The molecule has 2 unspecified atom stereocenters. The molecule has 140 valence electrons. The third kappa shape index (κ3) is 2.99. The number of aromatic nitrogens is 1. The summed E-state index contributed by atoms with van der Waals surface area (Å²) in [4.78, 5) is 2.54. The lowest BCUT2D eigenvalue weighted by atomic mass is 9.89. The Morgan fingerprint density at radius 1 is 1.11 bits per heavy atom. The van der Waals surface area contributed by atoms with E-state index in [9.17, 15) is 5.11 Å². The molecule has 1 aliphatic heterocycles. The summed E-state index contributed by atoms with van der Waals surface area (Å²) in [6, 6.07) is 17.7. The van der Waals surface area contributed by atoms with Crippen LogP contribution in [0.4, 0.5) is 0 Å². The van der Waals surface area contributed by atoms with Crippen LogP contribution in [0.1, 0.15) is 41.3 Å². The molecule has 27 heavy (non-hydrogen) atoms. The Hall–Kier alpha value is -2.10. The number of hydrogen-bond donors (Lipinski definition) is 1. The number of aliphatic hydroxyl groups excluding tert-OH is 1. The highest BCUT2D eigenvalue weighted by atomic mass is 16.3. The molecule has 3 heteroatoms. The molecule has 2 heterocycles. The first-order valence-corrected chi connectivity index (χ1v) is 10.3. The average Bonchev–Trinajstić information content (AvgIpc) is 2.99. The summed E-state index contributed by atoms with van der Waals surface area (Å²) >= 11 is 0. The zero-order valence-corrected chi connectivity index (χ0v) is 16.1. The second-order valence-corrected chi connectivity index (χ2v) is 8.28. The van der Waals surface area contributed by atoms with Crippen LogP contribution in [0.15, 0.2) is 48.5 Å². The number of hydrogen-bond acceptors (Lipinski definition) is 2. The fourth-order valence-electron chi connectivity index (χ4n) is 5.23. The van der Waals surface area contributed by atoms with E-state index in [0.29, 0.717) is 6.04 Å². The number of aliphatic hydroxyl groups is 1. The topological polar surface area (TPSA) is 28.4 Å². The lowest BCUT2D eigenvalue weighted by molar-refractivity contribution is 0.0644. The largest absolute Gasteiger partial charge is 0.391 e. The van der Waals surface area contributed by atoms with Crippen LogP contribution in [-0.4, -0.2) is 33.8 Å². The van der Waals surface area contributed by atoms with Crippen molar-refractivity contribution in [2.24, 2.45) is 0 Å². The fraction of sp³-hybridized carbons (Fsp3) is 0.417. The number of aryl methyl sites for hydroxylation is 2. The van der Waals surface area contributed by atoms with Gasteiger partial charge in [0, 0.05) is 36.2 Å². The quantitative estimate of drug-likeness (QED) is 0.753. The second kappa shape index (κ2) is 6.81. The van der Waals surface area contributed by atoms with Gasteiger partial charge in [-0.3, -0.25) is 4.90 Å². The number of rotatable bonds is 4. The summed E-state index contributed by atoms with van der Waals surface area (Å²) in [5.74, 6) is 0. The molecule has 2 atom stereocenters. The summed E-state index contributed by atoms with van der Waals surface area (Å²) in [6.45, 7) is 5.01. The van der Waals surface area contributed by atoms with Crippen molar-refractivity contribution < 1.29 is 5.11 Å². The Kier molecular flexibility index (Phi) is 4.30. The predicted molar refractivity (Wildman–Crippen MR) is 110 cm³/mol. The predicted octanol–water partition coefficient (Wildman–Crippen LogP) is 4.25. The summed E-state index contributed by atoms with van der Waals surface area (Å²) in [7, 11) is 0. The van der Waals surface area contributed by atoms with Crippen LogP contribution in [0, 0.1) is 6.92 Å². The van der Waals surface area contributed by atoms with Crippen molar-refractivity contribution in [2.75, 3.05) is 13.1 Å². The first-order chi connectivity index (χ1) is 13.2. The molecule has 5 rings (SSSR count). The standard InChI is InChI=1S/C24H28N2O/c1-17-10-11-22-21(14-17)20-8-5-9-23-24(20)26(22)13-12-25(23)16-19(27)15-18-6-3-2-4-7-18/h2-4,6-7,10-11,14,19,23,27H,5,8-9,12-13,15-16H2,1H3. The molecule has 0 radical (unpaired) electrons. The molecule has 0 amide bonds. The van der Waals surface area contributed by atoms with Crippen molar-refractivity contribution in [1.29, 1.82) is 0 Å². The Balaban J connectivity index is 1.43. The maximum Gasteiger partial charge on any atom is 0.0707 e. The van der Waals surface area contributed by atoms with Gasteiger partial charge in [-0.15, -0.1) is 0 Å². The van der Waals surface area contributed by atoms with Crippen LogP contribution in [0.3, 0.4) is 0 Å². The normalized spacial score (nSPS) is 20.6. The third-order valence-corrected chi connectivity index (χ3v) is 6.40. The van der Waals surface area contributed by atoms with Gasteiger partial charge in [0.05, 0.1) is 12.1 Å². The van der Waals surface area contributed by atoms with Crippen LogP contribution >= 0.6 is 0 Å². The molecule has 1 N–H and O–H groups in total. The Bertz CT molecular complexity index is 959. The molecular formula is C24H28N2O. The van der Waals surface area contributed by atoms with Gasteiger partial charge in [0.2, 0.25) is 0 Å². The van der Waals surface area contributed by atoms with Gasteiger partial charge < -0.3 is 9.67 Å². The number of β-amino-alcohol motifs (C(OH)–C–C–N with tert-alkyl or cyclic N) is 1. The summed E-state index contributed by atoms with van der Waals surface area (Å²) < 4.78 is 2.56. The van der Waals surface area contributed by atoms with Gasteiger partial charge in [-0.05, 0) is 55.9 Å². The minimum absolute atomic E-state index is 0.309. The Labute approximate surface area is 161 Å². The molecule has 2 aromatic carbocycles. The number of benzene rings is 2. The Morgan fingerprint density at radius 3 is 2.81 bits per heavy atom. The van der Waals surface area contributed by atoms with Crippen LogP contribution in [-0.2, 0) is 19.4 Å². The summed E-state index contributed by atoms with van der Waals surface area (Å²) in [6.07, 6.45) is 4.07. The van der Waals surface area contributed by atoms with Crippen molar-refractivity contribution in [3.8, 4) is 0 Å². The van der Waals surface area contributed by atoms with Crippen molar-refractivity contribution in [3.63, 3.8) is 0 Å². The first-order valence-electron chi connectivity index (χ1n) is 10.3. The van der Waals surface area contributed by atoms with E-state index < -0.39 is 0 Å². The molecule has 0 spiro atoms. The van der Waals surface area contributed by atoms with Gasteiger partial charge in [0.1, 0.15) is 0 Å².